The van der Waals surface area contributed by atoms with E-state index < -0.39 is 46.2 Å². The van der Waals surface area contributed by atoms with Gasteiger partial charge in [-0.2, -0.15) is 13.2 Å². The minimum absolute atomic E-state index is 0.0849. The summed E-state index contributed by atoms with van der Waals surface area (Å²) in [5, 5.41) is 3.15. The van der Waals surface area contributed by atoms with E-state index in [4.69, 9.17) is 11.6 Å². The first-order valence-electron chi connectivity index (χ1n) is 14.5. The highest BCUT2D eigenvalue weighted by molar-refractivity contribution is 7.92. The largest absolute Gasteiger partial charge is 0.416 e. The van der Waals surface area contributed by atoms with Crippen LogP contribution in [0.4, 0.5) is 18.9 Å². The molecular formula is C34H33ClF3N3O4S. The summed E-state index contributed by atoms with van der Waals surface area (Å²) in [5.74, 6) is -1.29. The normalized spacial score (nSPS) is 12.3. The van der Waals surface area contributed by atoms with Crippen molar-refractivity contribution >= 4 is 39.1 Å². The molecule has 0 aliphatic heterocycles. The molecule has 0 spiro atoms. The molecule has 0 bridgehead atoms. The van der Waals surface area contributed by atoms with Gasteiger partial charge in [0.2, 0.25) is 11.8 Å². The summed E-state index contributed by atoms with van der Waals surface area (Å²) in [6.07, 6.45) is -4.06. The maximum atomic E-state index is 14.4. The van der Waals surface area contributed by atoms with Crippen molar-refractivity contribution in [3.63, 3.8) is 0 Å². The van der Waals surface area contributed by atoms with Gasteiger partial charge in [-0.15, -0.1) is 0 Å². The van der Waals surface area contributed by atoms with Crippen LogP contribution in [0.2, 0.25) is 5.02 Å². The van der Waals surface area contributed by atoms with Crippen molar-refractivity contribution in [1.29, 1.82) is 0 Å². The van der Waals surface area contributed by atoms with Crippen molar-refractivity contribution < 1.29 is 31.2 Å². The van der Waals surface area contributed by atoms with Gasteiger partial charge in [-0.3, -0.25) is 13.9 Å². The number of amides is 2. The molecule has 0 radical (unpaired) electrons. The van der Waals surface area contributed by atoms with Crippen LogP contribution in [0.1, 0.15) is 30.0 Å². The van der Waals surface area contributed by atoms with Gasteiger partial charge in [0.15, 0.2) is 0 Å². The van der Waals surface area contributed by atoms with Crippen molar-refractivity contribution in [3.8, 4) is 0 Å². The second kappa shape index (κ2) is 15.3. The van der Waals surface area contributed by atoms with E-state index in [9.17, 15) is 31.2 Å². The van der Waals surface area contributed by atoms with Gasteiger partial charge >= 0.3 is 6.18 Å². The molecule has 2 amide bonds. The van der Waals surface area contributed by atoms with Crippen LogP contribution in [0.5, 0.6) is 0 Å². The molecule has 0 heterocycles. The van der Waals surface area contributed by atoms with E-state index in [2.05, 4.69) is 5.32 Å². The molecule has 0 saturated heterocycles. The lowest BCUT2D eigenvalue weighted by molar-refractivity contribution is -0.140. The highest BCUT2D eigenvalue weighted by atomic mass is 35.5. The number of halogens is 4. The number of carbonyl (C=O) groups excluding carboxylic acids is 2. The summed E-state index contributed by atoms with van der Waals surface area (Å²) in [5.41, 5.74) is -0.211. The Balaban J connectivity index is 1.84. The second-order valence-corrected chi connectivity index (χ2v) is 12.8. The first-order chi connectivity index (χ1) is 21.9. The summed E-state index contributed by atoms with van der Waals surface area (Å²) >= 11 is 6.46. The Morgan fingerprint density at radius 3 is 2.13 bits per heavy atom. The predicted octanol–water partition coefficient (Wildman–Crippen LogP) is 6.72. The van der Waals surface area contributed by atoms with Crippen molar-refractivity contribution in [2.75, 3.05) is 17.4 Å². The zero-order valence-electron chi connectivity index (χ0n) is 25.0. The Hall–Kier alpha value is -4.35. The number of hydrogen-bond acceptors (Lipinski definition) is 4. The predicted molar refractivity (Wildman–Crippen MR) is 172 cm³/mol. The zero-order valence-corrected chi connectivity index (χ0v) is 26.5. The van der Waals surface area contributed by atoms with Gasteiger partial charge in [0.25, 0.3) is 10.0 Å². The molecular weight excluding hydrogens is 639 g/mol. The van der Waals surface area contributed by atoms with Gasteiger partial charge in [0, 0.05) is 24.5 Å². The third-order valence-corrected chi connectivity index (χ3v) is 9.35. The van der Waals surface area contributed by atoms with E-state index in [0.29, 0.717) is 33.9 Å². The molecule has 7 nitrogen and oxygen atoms in total. The molecule has 0 aromatic heterocycles. The first-order valence-corrected chi connectivity index (χ1v) is 16.3. The van der Waals surface area contributed by atoms with Crippen molar-refractivity contribution in [3.05, 3.63) is 131 Å². The highest BCUT2D eigenvalue weighted by Crippen LogP contribution is 2.33. The lowest BCUT2D eigenvalue weighted by Crippen LogP contribution is -2.53. The molecule has 0 saturated carbocycles. The number of benzene rings is 4. The van der Waals surface area contributed by atoms with Gasteiger partial charge in [-0.25, -0.2) is 8.42 Å². The lowest BCUT2D eigenvalue weighted by Gasteiger charge is -2.34. The summed E-state index contributed by atoms with van der Waals surface area (Å²) in [4.78, 5) is 29.1. The van der Waals surface area contributed by atoms with Gasteiger partial charge < -0.3 is 10.2 Å². The Bertz CT molecular complexity index is 1740. The standard InChI is InChI=1S/C34H33ClF3N3O4S/c1-2-20-39-33(43)31(21-25-12-5-3-6-13-25)40(23-26-14-9-10-19-30(26)35)32(42)24-41(46(44,45)29-17-7-4-8-18-29)28-16-11-15-27(22-28)34(36,37)38/h3-19,22,31H,2,20-21,23-24H2,1H3,(H,39,43)/t31-/m0/s1. The molecule has 1 atom stereocenters. The summed E-state index contributed by atoms with van der Waals surface area (Å²) < 4.78 is 69.8. The van der Waals surface area contributed by atoms with E-state index in [1.54, 1.807) is 54.6 Å². The summed E-state index contributed by atoms with van der Waals surface area (Å²) in [6.45, 7) is 1.14. The fraction of sp³-hybridized carbons (Fsp3) is 0.235. The van der Waals surface area contributed by atoms with Crippen LogP contribution in [0, 0.1) is 0 Å². The molecule has 12 heteroatoms. The molecule has 4 aromatic rings. The Morgan fingerprint density at radius 2 is 1.50 bits per heavy atom. The first kappa shape index (κ1) is 34.5. The number of anilines is 1. The maximum Gasteiger partial charge on any atom is 0.416 e. The van der Waals surface area contributed by atoms with Crippen LogP contribution in [0.15, 0.2) is 114 Å². The summed E-state index contributed by atoms with van der Waals surface area (Å²) in [6, 6.07) is 25.5. The van der Waals surface area contributed by atoms with Crippen LogP contribution in [-0.4, -0.2) is 44.3 Å². The minimum atomic E-state index is -4.77. The third kappa shape index (κ3) is 8.67. The van der Waals surface area contributed by atoms with Gasteiger partial charge in [-0.1, -0.05) is 91.3 Å². The molecule has 1 N–H and O–H groups in total. The van der Waals surface area contributed by atoms with Crippen LogP contribution in [0.3, 0.4) is 0 Å². The van der Waals surface area contributed by atoms with Crippen LogP contribution < -0.4 is 9.62 Å². The van der Waals surface area contributed by atoms with Crippen LogP contribution in [-0.2, 0) is 38.8 Å². The van der Waals surface area contributed by atoms with E-state index >= 15 is 0 Å². The molecule has 0 unspecified atom stereocenters. The van der Waals surface area contributed by atoms with Gasteiger partial charge in [-0.05, 0) is 53.9 Å². The topological polar surface area (TPSA) is 86.8 Å². The fourth-order valence-electron chi connectivity index (χ4n) is 4.82. The van der Waals surface area contributed by atoms with Crippen molar-refractivity contribution in [2.24, 2.45) is 0 Å². The maximum absolute atomic E-state index is 14.4. The number of hydrogen-bond donors (Lipinski definition) is 1. The number of sulfonamides is 1. The molecule has 46 heavy (non-hydrogen) atoms. The minimum Gasteiger partial charge on any atom is -0.354 e. The molecule has 0 aliphatic carbocycles. The number of rotatable bonds is 13. The lowest BCUT2D eigenvalue weighted by atomic mass is 10.0. The van der Waals surface area contributed by atoms with E-state index in [1.807, 2.05) is 13.0 Å². The SMILES string of the molecule is CCCNC(=O)[C@H](Cc1ccccc1)N(Cc1ccccc1Cl)C(=O)CN(c1cccc(C(F)(F)F)c1)S(=O)(=O)c1ccccc1. The van der Waals surface area contributed by atoms with Crippen molar-refractivity contribution in [1.82, 2.24) is 10.2 Å². The Labute approximate surface area is 271 Å². The fourth-order valence-corrected chi connectivity index (χ4v) is 6.44. The quantitative estimate of drug-likeness (QED) is 0.171. The third-order valence-electron chi connectivity index (χ3n) is 7.19. The number of nitrogens with one attached hydrogen (secondary N) is 1. The second-order valence-electron chi connectivity index (χ2n) is 10.5. The monoisotopic (exact) mass is 671 g/mol. The average molecular weight is 672 g/mol. The number of carbonyl (C=O) groups is 2. The summed E-state index contributed by atoms with van der Waals surface area (Å²) in [7, 11) is -4.55. The smallest absolute Gasteiger partial charge is 0.354 e. The highest BCUT2D eigenvalue weighted by Gasteiger charge is 2.36. The molecule has 242 valence electrons. The van der Waals surface area contributed by atoms with Crippen molar-refractivity contribution in [2.45, 2.75) is 43.4 Å². The zero-order chi connectivity index (χ0) is 33.3. The van der Waals surface area contributed by atoms with Gasteiger partial charge in [0.05, 0.1) is 16.1 Å². The van der Waals surface area contributed by atoms with Crippen LogP contribution in [0.25, 0.3) is 0 Å². The molecule has 0 aliphatic rings. The Kier molecular flexibility index (Phi) is 11.5. The average Bonchev–Trinajstić information content (AvgIpc) is 3.05. The van der Waals surface area contributed by atoms with E-state index in [-0.39, 0.29) is 23.5 Å². The Morgan fingerprint density at radius 1 is 0.870 bits per heavy atom. The van der Waals surface area contributed by atoms with E-state index in [1.165, 1.54) is 35.2 Å². The number of alkyl halides is 3. The van der Waals surface area contributed by atoms with Crippen LogP contribution >= 0.6 is 11.6 Å². The van der Waals surface area contributed by atoms with E-state index in [0.717, 1.165) is 17.7 Å². The molecule has 4 aromatic carbocycles. The number of nitrogens with zero attached hydrogens (tertiary/aromatic N) is 2. The molecule has 0 fully saturated rings. The van der Waals surface area contributed by atoms with Gasteiger partial charge in [0.1, 0.15) is 12.6 Å². The molecule has 4 rings (SSSR count).